The molecule has 0 aliphatic carbocycles. The minimum atomic E-state index is -4.62. The molecule has 0 saturated carbocycles. The van der Waals surface area contributed by atoms with Crippen molar-refractivity contribution in [2.75, 3.05) is 0 Å². The van der Waals surface area contributed by atoms with Crippen LogP contribution < -0.4 is 5.32 Å². The van der Waals surface area contributed by atoms with Gasteiger partial charge in [0.05, 0.1) is 0 Å². The van der Waals surface area contributed by atoms with E-state index in [2.05, 4.69) is 9.90 Å². The average molecular weight is 390 g/mol. The Kier molecular flexibility index (Phi) is 5.05. The van der Waals surface area contributed by atoms with E-state index in [1.165, 1.54) is 54.6 Å². The van der Waals surface area contributed by atoms with E-state index in [4.69, 9.17) is 0 Å². The third kappa shape index (κ3) is 4.10. The van der Waals surface area contributed by atoms with Gasteiger partial charge in [-0.05, 0) is 0 Å². The van der Waals surface area contributed by atoms with Crippen molar-refractivity contribution in [2.45, 2.75) is 25.6 Å². The summed E-state index contributed by atoms with van der Waals surface area (Å²) in [5.41, 5.74) is -0.877. The molecule has 0 unspecified atom stereocenters. The number of alkyl halides is 3. The number of aromatic nitrogens is 3. The second-order valence-electron chi connectivity index (χ2n) is 6.69. The standard InChI is InChI=1S/C18H15BF4N4O/c1-17(2,18(21,22)23)25-16(28)13-7-12(11-3-5-14(20)6-4-11)8-15(9-13)27-10-24-19-26-27/h3-10H,1-2H3,(H,25,28). The summed E-state index contributed by atoms with van der Waals surface area (Å²) in [4.78, 5) is 16.4. The van der Waals surface area contributed by atoms with E-state index >= 15 is 0 Å². The Morgan fingerprint density at radius 3 is 2.32 bits per heavy atom. The Balaban J connectivity index is 2.05. The van der Waals surface area contributed by atoms with E-state index in [0.29, 0.717) is 16.8 Å². The summed E-state index contributed by atoms with van der Waals surface area (Å²) < 4.78 is 54.0. The average Bonchev–Trinajstić information content (AvgIpc) is 3.15. The number of hydrogen-bond donors (Lipinski definition) is 1. The zero-order valence-electron chi connectivity index (χ0n) is 15.0. The van der Waals surface area contributed by atoms with Gasteiger partial charge in [0.15, 0.2) is 0 Å². The van der Waals surface area contributed by atoms with Gasteiger partial charge in [-0.15, -0.1) is 0 Å². The molecule has 0 radical (unpaired) electrons. The Bertz CT molecular complexity index is 986. The van der Waals surface area contributed by atoms with Crippen molar-refractivity contribution in [1.82, 2.24) is 19.9 Å². The fraction of sp³-hybridized carbons (Fsp3) is 0.222. The van der Waals surface area contributed by atoms with Crippen molar-refractivity contribution < 1.29 is 22.4 Å². The van der Waals surface area contributed by atoms with Crippen LogP contribution in [-0.4, -0.2) is 39.4 Å². The van der Waals surface area contributed by atoms with Gasteiger partial charge in [-0.3, -0.25) is 0 Å². The van der Waals surface area contributed by atoms with Gasteiger partial charge in [0.1, 0.15) is 0 Å². The first-order chi connectivity index (χ1) is 13.1. The minimum absolute atomic E-state index is 0.00431. The molecule has 0 fully saturated rings. The number of carbonyl (C=O) groups is 1. The van der Waals surface area contributed by atoms with Gasteiger partial charge >= 0.3 is 158 Å². The molecule has 10 heteroatoms. The molecule has 0 spiro atoms. The van der Waals surface area contributed by atoms with Crippen LogP contribution in [0, 0.1) is 5.82 Å². The Morgan fingerprint density at radius 1 is 1.07 bits per heavy atom. The van der Waals surface area contributed by atoms with Crippen LogP contribution in [0.15, 0.2) is 48.8 Å². The second kappa shape index (κ2) is 7.18. The first kappa shape index (κ1) is 19.7. The van der Waals surface area contributed by atoms with Crippen molar-refractivity contribution >= 4 is 13.1 Å². The molecule has 1 amide bonds. The van der Waals surface area contributed by atoms with Gasteiger partial charge < -0.3 is 0 Å². The molecule has 1 N–H and O–H groups in total. The summed E-state index contributed by atoms with van der Waals surface area (Å²) in [6.45, 7) is 1.76. The van der Waals surface area contributed by atoms with Crippen LogP contribution in [0.5, 0.6) is 0 Å². The van der Waals surface area contributed by atoms with Crippen molar-refractivity contribution in [3.05, 3.63) is 60.2 Å². The number of benzene rings is 2. The van der Waals surface area contributed by atoms with Gasteiger partial charge in [-0.2, -0.15) is 0 Å². The predicted molar refractivity (Wildman–Crippen MR) is 95.7 cm³/mol. The molecule has 0 bridgehead atoms. The van der Waals surface area contributed by atoms with Crippen LogP contribution in [0.1, 0.15) is 24.2 Å². The van der Waals surface area contributed by atoms with Gasteiger partial charge in [0.2, 0.25) is 0 Å². The third-order valence-corrected chi connectivity index (χ3v) is 4.18. The normalized spacial score (nSPS) is 11.9. The Labute approximate surface area is 158 Å². The summed E-state index contributed by atoms with van der Waals surface area (Å²) in [5.74, 6) is -1.33. The summed E-state index contributed by atoms with van der Waals surface area (Å²) in [5, 5.41) is 5.99. The quantitative estimate of drug-likeness (QED) is 0.694. The molecule has 2 aromatic carbocycles. The fourth-order valence-electron chi connectivity index (χ4n) is 2.45. The van der Waals surface area contributed by atoms with Crippen LogP contribution >= 0.6 is 0 Å². The SMILES string of the molecule is CC(C)(NC(=O)c1cc(-c2ccc(F)cc2)cc(-n2cnbn2)c1)C(F)(F)F. The van der Waals surface area contributed by atoms with Crippen LogP contribution in [0.25, 0.3) is 16.8 Å². The number of rotatable bonds is 4. The molecule has 0 aliphatic rings. The predicted octanol–water partition coefficient (Wildman–Crippen LogP) is 3.48. The van der Waals surface area contributed by atoms with E-state index < -0.39 is 23.4 Å². The van der Waals surface area contributed by atoms with Crippen molar-refractivity contribution in [3.63, 3.8) is 0 Å². The van der Waals surface area contributed by atoms with Crippen LogP contribution in [0.2, 0.25) is 0 Å². The summed E-state index contributed by atoms with van der Waals surface area (Å²) in [6, 6.07) is 10.1. The van der Waals surface area contributed by atoms with Crippen LogP contribution in [0.4, 0.5) is 17.6 Å². The van der Waals surface area contributed by atoms with Crippen molar-refractivity contribution in [3.8, 4) is 16.8 Å². The molecule has 0 aliphatic heterocycles. The number of nitrogens with one attached hydrogen (secondary N) is 1. The number of nitrogens with zero attached hydrogens (tertiary/aromatic N) is 3. The number of hydrogen-bond acceptors (Lipinski definition) is 3. The van der Waals surface area contributed by atoms with Crippen LogP contribution in [-0.2, 0) is 0 Å². The molecule has 0 saturated heterocycles. The fourth-order valence-corrected chi connectivity index (χ4v) is 2.45. The monoisotopic (exact) mass is 390 g/mol. The number of halogens is 4. The molecule has 0 atom stereocenters. The molecule has 1 heterocycles. The van der Waals surface area contributed by atoms with Crippen molar-refractivity contribution in [2.24, 2.45) is 0 Å². The van der Waals surface area contributed by atoms with Crippen molar-refractivity contribution in [1.29, 1.82) is 0 Å². The van der Waals surface area contributed by atoms with Gasteiger partial charge in [0.25, 0.3) is 0 Å². The molecule has 3 rings (SSSR count). The number of carbonyl (C=O) groups excluding carboxylic acids is 1. The van der Waals surface area contributed by atoms with Gasteiger partial charge in [-0.25, -0.2) is 0 Å². The molecule has 5 nitrogen and oxygen atoms in total. The molecule has 3 aromatic rings. The van der Waals surface area contributed by atoms with Gasteiger partial charge in [-0.1, -0.05) is 0 Å². The number of amides is 1. The maximum atomic E-state index is 13.2. The maximum absolute atomic E-state index is 13.2. The molecule has 144 valence electrons. The molecular weight excluding hydrogens is 375 g/mol. The summed E-state index contributed by atoms with van der Waals surface area (Å²) in [7, 11) is 1.29. The molecule has 28 heavy (non-hydrogen) atoms. The van der Waals surface area contributed by atoms with Crippen LogP contribution in [0.3, 0.4) is 0 Å². The zero-order chi connectivity index (χ0) is 20.5. The van der Waals surface area contributed by atoms with E-state index in [0.717, 1.165) is 13.8 Å². The van der Waals surface area contributed by atoms with E-state index in [-0.39, 0.29) is 5.56 Å². The Morgan fingerprint density at radius 2 is 1.75 bits per heavy atom. The van der Waals surface area contributed by atoms with E-state index in [9.17, 15) is 22.4 Å². The first-order valence-corrected chi connectivity index (χ1v) is 8.22. The third-order valence-electron chi connectivity index (χ3n) is 4.18. The van der Waals surface area contributed by atoms with E-state index in [1.54, 1.807) is 6.07 Å². The van der Waals surface area contributed by atoms with E-state index in [1.807, 2.05) is 5.32 Å². The summed E-state index contributed by atoms with van der Waals surface area (Å²) in [6.07, 6.45) is -3.23. The van der Waals surface area contributed by atoms with Gasteiger partial charge in [0, 0.05) is 0 Å². The summed E-state index contributed by atoms with van der Waals surface area (Å²) >= 11 is 0. The molecule has 1 aromatic heterocycles. The topological polar surface area (TPSA) is 59.8 Å². The Hall–Kier alpha value is -3.04. The molecular formula is C18H15BF4N4O. The second-order valence-corrected chi connectivity index (χ2v) is 6.69. The zero-order valence-corrected chi connectivity index (χ0v) is 15.0. The first-order valence-electron chi connectivity index (χ1n) is 8.22.